The number of hydrogen-bond donors (Lipinski definition) is 0. The van der Waals surface area contributed by atoms with Gasteiger partial charge in [0.25, 0.3) is 5.91 Å². The maximum absolute atomic E-state index is 13.4. The second kappa shape index (κ2) is 10.2. The number of benzene rings is 4. The number of hydrogen-bond acceptors (Lipinski definition) is 3. The molecule has 36 heavy (non-hydrogen) atoms. The number of methoxy groups -OCH3 is 1. The summed E-state index contributed by atoms with van der Waals surface area (Å²) in [5.74, 6) is 1.63. The zero-order chi connectivity index (χ0) is 25.2. The number of halogens is 1. The average molecular weight is 542 g/mol. The van der Waals surface area contributed by atoms with Crippen molar-refractivity contribution >= 4 is 49.9 Å². The van der Waals surface area contributed by atoms with Crippen molar-refractivity contribution in [2.45, 2.75) is 20.5 Å². The van der Waals surface area contributed by atoms with Crippen LogP contribution in [0.25, 0.3) is 22.4 Å². The lowest BCUT2D eigenvalue weighted by Crippen LogP contribution is -2.30. The number of anilines is 1. The summed E-state index contributed by atoms with van der Waals surface area (Å²) < 4.78 is 12.7. The highest BCUT2D eigenvalue weighted by molar-refractivity contribution is 9.10. The Bertz CT molecular complexity index is 1470. The third-order valence-corrected chi connectivity index (χ3v) is 6.91. The minimum Gasteiger partial charge on any atom is -0.493 e. The van der Waals surface area contributed by atoms with Crippen molar-refractivity contribution in [3.63, 3.8) is 0 Å². The summed E-state index contributed by atoms with van der Waals surface area (Å²) >= 11 is 3.67. The minimum absolute atomic E-state index is 0.0243. The number of carbonyl (C=O) groups is 1. The molecule has 4 aromatic carbocycles. The first kappa shape index (κ1) is 24.1. The molecule has 0 spiro atoms. The van der Waals surface area contributed by atoms with Crippen molar-refractivity contribution in [2.75, 3.05) is 18.6 Å². The Morgan fingerprint density at radius 1 is 0.972 bits per heavy atom. The fourth-order valence-corrected chi connectivity index (χ4v) is 5.26. The highest BCUT2D eigenvalue weighted by atomic mass is 79.9. The van der Waals surface area contributed by atoms with Gasteiger partial charge in [-0.1, -0.05) is 74.5 Å². The Kier molecular flexibility index (Phi) is 6.84. The van der Waals surface area contributed by atoms with Crippen LogP contribution in [0.3, 0.4) is 0 Å². The van der Waals surface area contributed by atoms with E-state index in [1.54, 1.807) is 7.11 Å². The van der Waals surface area contributed by atoms with Crippen LogP contribution in [0.1, 0.15) is 30.5 Å². The van der Waals surface area contributed by atoms with Gasteiger partial charge in [0.05, 0.1) is 17.3 Å². The van der Waals surface area contributed by atoms with Gasteiger partial charge in [-0.2, -0.15) is 0 Å². The van der Waals surface area contributed by atoms with Crippen LogP contribution >= 0.6 is 15.9 Å². The lowest BCUT2D eigenvalue weighted by atomic mass is 10.0. The van der Waals surface area contributed by atoms with Crippen LogP contribution < -0.4 is 14.4 Å². The molecule has 1 aliphatic heterocycles. The molecule has 4 nitrogen and oxygen atoms in total. The molecular weight excluding hydrogens is 514 g/mol. The molecule has 1 amide bonds. The zero-order valence-corrected chi connectivity index (χ0v) is 22.2. The number of nitrogens with zero attached hydrogens (tertiary/aromatic N) is 1. The van der Waals surface area contributed by atoms with E-state index >= 15 is 0 Å². The maximum atomic E-state index is 13.4. The molecule has 0 saturated heterocycles. The summed E-state index contributed by atoms with van der Waals surface area (Å²) in [4.78, 5) is 15.2. The van der Waals surface area contributed by atoms with E-state index < -0.39 is 0 Å². The number of ether oxygens (including phenoxy) is 2. The predicted octanol–water partition coefficient (Wildman–Crippen LogP) is 7.73. The molecule has 5 rings (SSSR count). The van der Waals surface area contributed by atoms with E-state index in [4.69, 9.17) is 9.47 Å². The van der Waals surface area contributed by atoms with Crippen molar-refractivity contribution in [3.8, 4) is 11.5 Å². The standard InChI is InChI=1S/C31H28BrNO3/c1-20(2)18-33-28-14-7-6-13-25(28)26(31(33)34)15-21-16-27(32)30(29(17-21)35-3)36-19-23-11-8-10-22-9-4-5-12-24(22)23/h4-17,20H,18-19H2,1-3H3/b26-15-. The highest BCUT2D eigenvalue weighted by Gasteiger charge is 2.32. The second-order valence-electron chi connectivity index (χ2n) is 9.35. The van der Waals surface area contributed by atoms with Gasteiger partial charge in [0.2, 0.25) is 0 Å². The van der Waals surface area contributed by atoms with Crippen molar-refractivity contribution < 1.29 is 14.3 Å². The zero-order valence-electron chi connectivity index (χ0n) is 20.6. The molecule has 1 heterocycles. The SMILES string of the molecule is COc1cc(/C=C2\C(=O)N(CC(C)C)c3ccccc32)cc(Br)c1OCc1cccc2ccccc12. The van der Waals surface area contributed by atoms with Gasteiger partial charge in [0, 0.05) is 17.7 Å². The summed E-state index contributed by atoms with van der Waals surface area (Å²) in [6.45, 7) is 5.33. The molecule has 0 radical (unpaired) electrons. The molecule has 0 aliphatic carbocycles. The Labute approximate surface area is 220 Å². The number of fused-ring (bicyclic) bond motifs is 2. The topological polar surface area (TPSA) is 38.8 Å². The van der Waals surface area contributed by atoms with Gasteiger partial charge < -0.3 is 14.4 Å². The Hall–Kier alpha value is -3.57. The monoisotopic (exact) mass is 541 g/mol. The summed E-state index contributed by atoms with van der Waals surface area (Å²) in [5.41, 5.74) is 4.56. The molecule has 0 fully saturated rings. The van der Waals surface area contributed by atoms with Gasteiger partial charge in [-0.15, -0.1) is 0 Å². The van der Waals surface area contributed by atoms with E-state index in [9.17, 15) is 4.79 Å². The molecule has 0 aromatic heterocycles. The number of amides is 1. The van der Waals surface area contributed by atoms with E-state index in [2.05, 4.69) is 54.0 Å². The van der Waals surface area contributed by atoms with Crippen LogP contribution in [-0.2, 0) is 11.4 Å². The lowest BCUT2D eigenvalue weighted by Gasteiger charge is -2.19. The molecule has 4 aromatic rings. The van der Waals surface area contributed by atoms with E-state index in [-0.39, 0.29) is 5.91 Å². The van der Waals surface area contributed by atoms with Crippen molar-refractivity contribution in [1.82, 2.24) is 0 Å². The Balaban J connectivity index is 1.46. The number of para-hydroxylation sites is 1. The summed E-state index contributed by atoms with van der Waals surface area (Å²) in [6.07, 6.45) is 1.93. The maximum Gasteiger partial charge on any atom is 0.259 e. The van der Waals surface area contributed by atoms with Crippen LogP contribution in [0.5, 0.6) is 11.5 Å². The third-order valence-electron chi connectivity index (χ3n) is 6.32. The second-order valence-corrected chi connectivity index (χ2v) is 10.2. The molecule has 0 unspecified atom stereocenters. The third kappa shape index (κ3) is 4.63. The normalized spacial score (nSPS) is 14.1. The average Bonchev–Trinajstić information content (AvgIpc) is 3.13. The quantitative estimate of drug-likeness (QED) is 0.224. The van der Waals surface area contributed by atoms with Crippen LogP contribution in [0.15, 0.2) is 83.3 Å². The molecule has 0 bridgehead atoms. The van der Waals surface area contributed by atoms with Gasteiger partial charge in [0.1, 0.15) is 6.61 Å². The van der Waals surface area contributed by atoms with Crippen molar-refractivity contribution in [2.24, 2.45) is 5.92 Å². The molecule has 0 N–H and O–H groups in total. The summed E-state index contributed by atoms with van der Waals surface area (Å²) in [6, 6.07) is 26.3. The Morgan fingerprint density at radius 3 is 2.53 bits per heavy atom. The molecule has 1 aliphatic rings. The summed E-state index contributed by atoms with van der Waals surface area (Å²) in [5, 5.41) is 2.35. The highest BCUT2D eigenvalue weighted by Crippen LogP contribution is 2.41. The first-order chi connectivity index (χ1) is 17.5. The van der Waals surface area contributed by atoms with Crippen molar-refractivity contribution in [1.29, 1.82) is 0 Å². The largest absolute Gasteiger partial charge is 0.493 e. The van der Waals surface area contributed by atoms with E-state index in [1.165, 1.54) is 10.8 Å². The predicted molar refractivity (Wildman–Crippen MR) is 150 cm³/mol. The molecule has 182 valence electrons. The van der Waals surface area contributed by atoms with Gasteiger partial charge in [0.15, 0.2) is 11.5 Å². The first-order valence-electron chi connectivity index (χ1n) is 12.1. The van der Waals surface area contributed by atoms with Crippen LogP contribution in [-0.4, -0.2) is 19.6 Å². The van der Waals surface area contributed by atoms with Crippen LogP contribution in [0.2, 0.25) is 0 Å². The van der Waals surface area contributed by atoms with Gasteiger partial charge >= 0.3 is 0 Å². The Morgan fingerprint density at radius 2 is 1.72 bits per heavy atom. The van der Waals surface area contributed by atoms with Gasteiger partial charge in [-0.05, 0) is 68.0 Å². The molecule has 0 saturated carbocycles. The van der Waals surface area contributed by atoms with Gasteiger partial charge in [-0.25, -0.2) is 0 Å². The minimum atomic E-state index is 0.0243. The van der Waals surface area contributed by atoms with E-state index in [0.29, 0.717) is 36.1 Å². The van der Waals surface area contributed by atoms with Crippen LogP contribution in [0.4, 0.5) is 5.69 Å². The van der Waals surface area contributed by atoms with Crippen molar-refractivity contribution in [3.05, 3.63) is 100 Å². The molecule has 5 heteroatoms. The summed E-state index contributed by atoms with van der Waals surface area (Å²) in [7, 11) is 1.63. The first-order valence-corrected chi connectivity index (χ1v) is 12.9. The molecule has 0 atom stereocenters. The van der Waals surface area contributed by atoms with E-state index in [1.807, 2.05) is 65.6 Å². The number of carbonyl (C=O) groups excluding carboxylic acids is 1. The smallest absolute Gasteiger partial charge is 0.259 e. The lowest BCUT2D eigenvalue weighted by molar-refractivity contribution is -0.113. The number of rotatable bonds is 7. The fraction of sp³-hybridized carbons (Fsp3) is 0.194. The molecular formula is C31H28BrNO3. The van der Waals surface area contributed by atoms with E-state index in [0.717, 1.165) is 26.9 Å². The van der Waals surface area contributed by atoms with Crippen LogP contribution in [0, 0.1) is 5.92 Å². The fourth-order valence-electron chi connectivity index (χ4n) is 4.69. The van der Waals surface area contributed by atoms with Gasteiger partial charge in [-0.3, -0.25) is 4.79 Å².